The molecule has 4 rings (SSSR count). The van der Waals surface area contributed by atoms with E-state index in [-0.39, 0.29) is 16.3 Å². The first kappa shape index (κ1) is 20.8. The average molecular weight is 439 g/mol. The Kier molecular flexibility index (Phi) is 5.86. The Labute approximate surface area is 183 Å². The average Bonchev–Trinajstić information content (AvgIpc) is 2.77. The van der Waals surface area contributed by atoms with Gasteiger partial charge in [0.2, 0.25) is 0 Å². The molecule has 2 N–H and O–H groups in total. The van der Waals surface area contributed by atoms with Crippen molar-refractivity contribution in [2.45, 2.75) is 25.7 Å². The lowest BCUT2D eigenvalue weighted by atomic mass is 9.90. The highest BCUT2D eigenvalue weighted by Gasteiger charge is 2.24. The molecule has 1 aromatic heterocycles. The van der Waals surface area contributed by atoms with Gasteiger partial charge in [-0.1, -0.05) is 29.8 Å². The number of carbonyl (C=O) groups is 3. The second-order valence-corrected chi connectivity index (χ2v) is 7.67. The van der Waals surface area contributed by atoms with Gasteiger partial charge in [-0.25, -0.2) is 9.59 Å². The number of anilines is 1. The van der Waals surface area contributed by atoms with Crippen molar-refractivity contribution < 1.29 is 24.2 Å². The van der Waals surface area contributed by atoms with Gasteiger partial charge in [-0.15, -0.1) is 0 Å². The van der Waals surface area contributed by atoms with Crippen LogP contribution in [0.25, 0.3) is 10.9 Å². The number of carbonyl (C=O) groups excluding carboxylic acids is 2. The summed E-state index contributed by atoms with van der Waals surface area (Å²) in [5.41, 5.74) is 3.10. The monoisotopic (exact) mass is 438 g/mol. The van der Waals surface area contributed by atoms with E-state index in [0.29, 0.717) is 10.9 Å². The maximum Gasteiger partial charge on any atom is 0.339 e. The third kappa shape index (κ3) is 4.36. The Morgan fingerprint density at radius 2 is 1.87 bits per heavy atom. The molecule has 8 heteroatoms. The van der Waals surface area contributed by atoms with Crippen LogP contribution in [0.2, 0.25) is 5.02 Å². The molecule has 1 aliphatic carbocycles. The number of amides is 1. The third-order valence-electron chi connectivity index (χ3n) is 5.19. The van der Waals surface area contributed by atoms with Crippen LogP contribution in [0.1, 0.15) is 44.8 Å². The second kappa shape index (κ2) is 8.73. The lowest BCUT2D eigenvalue weighted by Gasteiger charge is -2.20. The first-order chi connectivity index (χ1) is 14.9. The van der Waals surface area contributed by atoms with Gasteiger partial charge in [0.05, 0.1) is 21.7 Å². The van der Waals surface area contributed by atoms with Gasteiger partial charge in [0.25, 0.3) is 5.91 Å². The van der Waals surface area contributed by atoms with Gasteiger partial charge >= 0.3 is 11.9 Å². The number of aromatic carboxylic acids is 1. The highest BCUT2D eigenvalue weighted by Crippen LogP contribution is 2.29. The third-order valence-corrected chi connectivity index (χ3v) is 5.52. The number of fused-ring (bicyclic) bond motifs is 2. The number of carboxylic acid groups (broad SMARTS) is 1. The molecule has 0 spiro atoms. The fourth-order valence-corrected chi connectivity index (χ4v) is 3.97. The number of benzene rings is 2. The minimum atomic E-state index is -1.21. The topological polar surface area (TPSA) is 106 Å². The number of hydrogen-bond donors (Lipinski definition) is 2. The number of nitrogens with zero attached hydrogens (tertiary/aromatic N) is 1. The number of carboxylic acids is 1. The predicted octanol–water partition coefficient (Wildman–Crippen LogP) is 4.26. The summed E-state index contributed by atoms with van der Waals surface area (Å²) >= 11 is 5.84. The highest BCUT2D eigenvalue weighted by molar-refractivity contribution is 6.33. The van der Waals surface area contributed by atoms with Crippen LogP contribution in [-0.2, 0) is 22.4 Å². The van der Waals surface area contributed by atoms with Crippen LogP contribution in [0.5, 0.6) is 0 Å². The van der Waals surface area contributed by atoms with E-state index >= 15 is 0 Å². The van der Waals surface area contributed by atoms with E-state index in [1.807, 2.05) is 24.3 Å². The second-order valence-electron chi connectivity index (χ2n) is 7.26. The number of pyridine rings is 1. The molecule has 7 nitrogen and oxygen atoms in total. The summed E-state index contributed by atoms with van der Waals surface area (Å²) in [6.45, 7) is -0.505. The smallest absolute Gasteiger partial charge is 0.339 e. The molecule has 0 saturated carbocycles. The molecule has 0 unspecified atom stereocenters. The zero-order valence-electron chi connectivity index (χ0n) is 16.5. The van der Waals surface area contributed by atoms with Gasteiger partial charge in [-0.05, 0) is 55.5 Å². The van der Waals surface area contributed by atoms with E-state index < -0.39 is 24.5 Å². The molecule has 31 heavy (non-hydrogen) atoms. The van der Waals surface area contributed by atoms with Crippen LogP contribution < -0.4 is 5.32 Å². The molecular formula is C23H19ClN2O5. The van der Waals surface area contributed by atoms with E-state index in [0.717, 1.165) is 42.5 Å². The molecule has 1 amide bonds. The quantitative estimate of drug-likeness (QED) is 0.576. The van der Waals surface area contributed by atoms with Crippen LogP contribution in [0.4, 0.5) is 5.69 Å². The molecule has 0 fully saturated rings. The van der Waals surface area contributed by atoms with Crippen LogP contribution in [0.3, 0.4) is 0 Å². The molecule has 158 valence electrons. The van der Waals surface area contributed by atoms with Crippen molar-refractivity contribution >= 4 is 46.0 Å². The van der Waals surface area contributed by atoms with Crippen molar-refractivity contribution in [3.05, 3.63) is 69.9 Å². The number of para-hydroxylation sites is 1. The van der Waals surface area contributed by atoms with Gasteiger partial charge in [-0.3, -0.25) is 9.78 Å². The molecule has 1 heterocycles. The van der Waals surface area contributed by atoms with Crippen LogP contribution in [0, 0.1) is 0 Å². The standard InChI is InChI=1S/C23H19ClN2O5/c24-17-10-9-13(11-16(17)22(28)29)25-20(27)12-31-23(30)21-14-5-1-3-7-18(14)26-19-8-4-2-6-15(19)21/h1,3,5,7,9-11H,2,4,6,8,12H2,(H,25,27)(H,28,29). The van der Waals surface area contributed by atoms with E-state index in [9.17, 15) is 14.4 Å². The number of aromatic nitrogens is 1. The Morgan fingerprint density at radius 3 is 2.68 bits per heavy atom. The summed E-state index contributed by atoms with van der Waals surface area (Å²) in [6.07, 6.45) is 3.54. The Morgan fingerprint density at radius 1 is 1.10 bits per heavy atom. The summed E-state index contributed by atoms with van der Waals surface area (Å²) < 4.78 is 5.32. The van der Waals surface area contributed by atoms with Crippen LogP contribution in [0.15, 0.2) is 42.5 Å². The van der Waals surface area contributed by atoms with E-state index in [4.69, 9.17) is 26.4 Å². The summed E-state index contributed by atoms with van der Waals surface area (Å²) in [5.74, 6) is -2.37. The van der Waals surface area contributed by atoms with Gasteiger partial charge in [0.15, 0.2) is 6.61 Å². The number of rotatable bonds is 5. The molecule has 3 aromatic rings. The van der Waals surface area contributed by atoms with Crippen LogP contribution in [-0.4, -0.2) is 34.5 Å². The number of halogens is 1. The predicted molar refractivity (Wildman–Crippen MR) is 116 cm³/mol. The van der Waals surface area contributed by atoms with Gasteiger partial charge in [0, 0.05) is 16.8 Å². The molecule has 0 aliphatic heterocycles. The van der Waals surface area contributed by atoms with Gasteiger partial charge < -0.3 is 15.2 Å². The lowest BCUT2D eigenvalue weighted by Crippen LogP contribution is -2.22. The zero-order chi connectivity index (χ0) is 22.0. The van der Waals surface area contributed by atoms with Crippen molar-refractivity contribution in [3.8, 4) is 0 Å². The van der Waals surface area contributed by atoms with E-state index in [2.05, 4.69) is 5.32 Å². The number of esters is 1. The van der Waals surface area contributed by atoms with E-state index in [1.54, 1.807) is 0 Å². The summed E-state index contributed by atoms with van der Waals surface area (Å²) in [6, 6.07) is 11.5. The van der Waals surface area contributed by atoms with Crippen molar-refractivity contribution in [1.82, 2.24) is 4.98 Å². The first-order valence-electron chi connectivity index (χ1n) is 9.84. The Hall–Kier alpha value is -3.45. The number of nitrogens with one attached hydrogen (secondary N) is 1. The molecular weight excluding hydrogens is 420 g/mol. The SMILES string of the molecule is O=C(COC(=O)c1c2c(nc3ccccc13)CCCC2)Nc1ccc(Cl)c(C(=O)O)c1. The van der Waals surface area contributed by atoms with Crippen molar-refractivity contribution in [1.29, 1.82) is 0 Å². The maximum atomic E-state index is 13.0. The molecule has 0 radical (unpaired) electrons. The number of hydrogen-bond acceptors (Lipinski definition) is 5. The molecule has 2 aromatic carbocycles. The minimum Gasteiger partial charge on any atom is -0.478 e. The van der Waals surface area contributed by atoms with E-state index in [1.165, 1.54) is 18.2 Å². The van der Waals surface area contributed by atoms with Gasteiger partial charge in [0.1, 0.15) is 0 Å². The Balaban J connectivity index is 1.52. The van der Waals surface area contributed by atoms with Crippen LogP contribution >= 0.6 is 11.6 Å². The fourth-order valence-electron chi connectivity index (χ4n) is 3.77. The minimum absolute atomic E-state index is 0.0614. The summed E-state index contributed by atoms with van der Waals surface area (Å²) in [7, 11) is 0. The summed E-state index contributed by atoms with van der Waals surface area (Å²) in [4.78, 5) is 41.1. The van der Waals surface area contributed by atoms with Crippen molar-refractivity contribution in [2.75, 3.05) is 11.9 Å². The summed E-state index contributed by atoms with van der Waals surface area (Å²) in [5, 5.41) is 12.4. The Bertz CT molecular complexity index is 1210. The highest BCUT2D eigenvalue weighted by atomic mass is 35.5. The zero-order valence-corrected chi connectivity index (χ0v) is 17.2. The number of ether oxygens (including phenoxy) is 1. The molecule has 0 bridgehead atoms. The number of aryl methyl sites for hydroxylation is 1. The molecule has 1 aliphatic rings. The first-order valence-corrected chi connectivity index (χ1v) is 10.2. The lowest BCUT2D eigenvalue weighted by molar-refractivity contribution is -0.119. The maximum absolute atomic E-state index is 13.0. The fraction of sp³-hybridized carbons (Fsp3) is 0.217. The van der Waals surface area contributed by atoms with Crippen molar-refractivity contribution in [2.24, 2.45) is 0 Å². The van der Waals surface area contributed by atoms with Gasteiger partial charge in [-0.2, -0.15) is 0 Å². The molecule has 0 saturated heterocycles. The normalized spacial score (nSPS) is 12.8. The molecule has 0 atom stereocenters. The van der Waals surface area contributed by atoms with Crippen molar-refractivity contribution in [3.63, 3.8) is 0 Å². The largest absolute Gasteiger partial charge is 0.478 e.